The Labute approximate surface area is 133 Å². The first-order valence-electron chi connectivity index (χ1n) is 8.00. The number of aliphatic hydroxyl groups is 5. The van der Waals surface area contributed by atoms with Gasteiger partial charge in [-0.05, 0) is 19.9 Å². The highest BCUT2D eigenvalue weighted by molar-refractivity contribution is 4.82. The molecule has 0 bridgehead atoms. The van der Waals surface area contributed by atoms with Crippen LogP contribution < -0.4 is 0 Å². The third-order valence-electron chi connectivity index (χ3n) is 3.53. The Bertz CT molecular complexity index is 268. The molecule has 22 heavy (non-hydrogen) atoms. The van der Waals surface area contributed by atoms with Gasteiger partial charge in [0.05, 0.1) is 24.9 Å². The molecule has 0 saturated heterocycles. The van der Waals surface area contributed by atoms with Crippen LogP contribution in [0.25, 0.3) is 0 Å². The second kappa shape index (κ2) is 12.2. The summed E-state index contributed by atoms with van der Waals surface area (Å²) in [6, 6.07) is 0. The highest BCUT2D eigenvalue weighted by Gasteiger charge is 2.30. The minimum atomic E-state index is -1.43. The van der Waals surface area contributed by atoms with Gasteiger partial charge in [-0.15, -0.1) is 0 Å². The third-order valence-corrected chi connectivity index (χ3v) is 3.53. The molecule has 0 saturated carbocycles. The van der Waals surface area contributed by atoms with E-state index in [9.17, 15) is 25.5 Å². The summed E-state index contributed by atoms with van der Waals surface area (Å²) >= 11 is 0. The lowest BCUT2D eigenvalue weighted by Gasteiger charge is -2.29. The molecule has 5 atom stereocenters. The molecule has 0 aromatic carbocycles. The smallest absolute Gasteiger partial charge is 0.109 e. The van der Waals surface area contributed by atoms with Crippen LogP contribution in [-0.4, -0.2) is 94.3 Å². The number of likely N-dealkylation sites (N-methyl/N-ethyl adjacent to an activating group) is 1. The van der Waals surface area contributed by atoms with Gasteiger partial charge in [-0.2, -0.15) is 0 Å². The third kappa shape index (κ3) is 8.99. The molecule has 5 unspecified atom stereocenters. The zero-order chi connectivity index (χ0) is 17.1. The summed E-state index contributed by atoms with van der Waals surface area (Å²) in [6.07, 6.45) is -3.53. The largest absolute Gasteiger partial charge is 0.390 e. The predicted octanol–water partition coefficient (Wildman–Crippen LogP) is -1.05. The van der Waals surface area contributed by atoms with Gasteiger partial charge in [-0.1, -0.05) is 20.3 Å². The lowest BCUT2D eigenvalue weighted by molar-refractivity contribution is -0.111. The summed E-state index contributed by atoms with van der Waals surface area (Å²) < 4.78 is 5.31. The van der Waals surface area contributed by atoms with Crippen molar-refractivity contribution >= 4 is 0 Å². The maximum atomic E-state index is 9.89. The minimum absolute atomic E-state index is 0.0701. The average Bonchev–Trinajstić information content (AvgIpc) is 2.48. The molecule has 0 fully saturated rings. The molecular weight excluding hydrogens is 290 g/mol. The summed E-state index contributed by atoms with van der Waals surface area (Å²) in [7, 11) is 1.69. The van der Waals surface area contributed by atoms with E-state index in [2.05, 4.69) is 6.92 Å². The minimum Gasteiger partial charge on any atom is -0.390 e. The fourth-order valence-electron chi connectivity index (χ4n) is 2.08. The molecule has 0 spiro atoms. The summed E-state index contributed by atoms with van der Waals surface area (Å²) in [5.74, 6) is 0. The van der Waals surface area contributed by atoms with Crippen molar-refractivity contribution in [3.63, 3.8) is 0 Å². The topological polar surface area (TPSA) is 114 Å². The second-order valence-electron chi connectivity index (χ2n) is 5.83. The SMILES string of the molecule is CCCCOCC(O)CN(C)CC(O)C(O)C(O)C(O)CC. The van der Waals surface area contributed by atoms with Crippen molar-refractivity contribution in [3.05, 3.63) is 0 Å². The highest BCUT2D eigenvalue weighted by Crippen LogP contribution is 2.09. The van der Waals surface area contributed by atoms with Crippen molar-refractivity contribution < 1.29 is 30.3 Å². The molecule has 7 heteroatoms. The lowest BCUT2D eigenvalue weighted by atomic mass is 10.0. The van der Waals surface area contributed by atoms with Gasteiger partial charge in [0, 0.05) is 19.7 Å². The zero-order valence-electron chi connectivity index (χ0n) is 13.9. The van der Waals surface area contributed by atoms with Crippen LogP contribution in [0.2, 0.25) is 0 Å². The van der Waals surface area contributed by atoms with E-state index in [1.165, 1.54) is 0 Å². The zero-order valence-corrected chi connectivity index (χ0v) is 13.9. The van der Waals surface area contributed by atoms with Crippen molar-refractivity contribution in [2.24, 2.45) is 0 Å². The van der Waals surface area contributed by atoms with Crippen LogP contribution >= 0.6 is 0 Å². The molecular formula is C15H33NO6. The molecule has 7 nitrogen and oxygen atoms in total. The molecule has 0 radical (unpaired) electrons. The molecule has 0 aromatic heterocycles. The van der Waals surface area contributed by atoms with Crippen LogP contribution in [0.5, 0.6) is 0 Å². The molecule has 0 aliphatic heterocycles. The number of unbranched alkanes of at least 4 members (excludes halogenated alkanes) is 1. The van der Waals surface area contributed by atoms with Gasteiger partial charge in [0.25, 0.3) is 0 Å². The Balaban J connectivity index is 4.05. The van der Waals surface area contributed by atoms with E-state index in [0.717, 1.165) is 12.8 Å². The summed E-state index contributed by atoms with van der Waals surface area (Å²) in [6.45, 7) is 4.92. The molecule has 5 N–H and O–H groups in total. The summed E-state index contributed by atoms with van der Waals surface area (Å²) in [5.41, 5.74) is 0. The molecule has 0 aliphatic rings. The molecule has 0 rings (SSSR count). The number of rotatable bonds is 13. The van der Waals surface area contributed by atoms with Crippen LogP contribution in [0.15, 0.2) is 0 Å². The van der Waals surface area contributed by atoms with Crippen molar-refractivity contribution in [2.45, 2.75) is 63.6 Å². The Kier molecular flexibility index (Phi) is 12.0. The van der Waals surface area contributed by atoms with E-state index in [0.29, 0.717) is 6.61 Å². The molecule has 134 valence electrons. The average molecular weight is 323 g/mol. The van der Waals surface area contributed by atoms with Crippen LogP contribution in [0.4, 0.5) is 0 Å². The monoisotopic (exact) mass is 323 g/mol. The first-order chi connectivity index (χ1) is 10.3. The number of hydrogen-bond acceptors (Lipinski definition) is 7. The van der Waals surface area contributed by atoms with E-state index >= 15 is 0 Å². The fourth-order valence-corrected chi connectivity index (χ4v) is 2.08. The quantitative estimate of drug-likeness (QED) is 0.275. The van der Waals surface area contributed by atoms with Gasteiger partial charge in [-0.3, -0.25) is 0 Å². The Hall–Kier alpha value is -0.280. The molecule has 0 aromatic rings. The maximum absolute atomic E-state index is 9.89. The van der Waals surface area contributed by atoms with Gasteiger partial charge in [-0.25, -0.2) is 0 Å². The van der Waals surface area contributed by atoms with Crippen LogP contribution in [0.1, 0.15) is 33.1 Å². The lowest BCUT2D eigenvalue weighted by Crippen LogP contribution is -2.49. The Morgan fingerprint density at radius 2 is 1.50 bits per heavy atom. The van der Waals surface area contributed by atoms with E-state index in [1.807, 2.05) is 0 Å². The molecule has 0 aliphatic carbocycles. The predicted molar refractivity (Wildman–Crippen MR) is 83.5 cm³/mol. The van der Waals surface area contributed by atoms with Gasteiger partial charge >= 0.3 is 0 Å². The number of aliphatic hydroxyl groups excluding tert-OH is 5. The van der Waals surface area contributed by atoms with Gasteiger partial charge in [0.2, 0.25) is 0 Å². The van der Waals surface area contributed by atoms with E-state index in [4.69, 9.17) is 4.74 Å². The van der Waals surface area contributed by atoms with Crippen molar-refractivity contribution in [1.82, 2.24) is 4.90 Å². The Morgan fingerprint density at radius 3 is 2.05 bits per heavy atom. The maximum Gasteiger partial charge on any atom is 0.109 e. The molecule has 0 amide bonds. The van der Waals surface area contributed by atoms with E-state index < -0.39 is 30.5 Å². The molecule has 0 heterocycles. The van der Waals surface area contributed by atoms with Gasteiger partial charge < -0.3 is 35.2 Å². The number of hydrogen-bond donors (Lipinski definition) is 5. The summed E-state index contributed by atoms with van der Waals surface area (Å²) in [5, 5.41) is 48.6. The highest BCUT2D eigenvalue weighted by atomic mass is 16.5. The van der Waals surface area contributed by atoms with Crippen LogP contribution in [0.3, 0.4) is 0 Å². The second-order valence-corrected chi connectivity index (χ2v) is 5.83. The normalized spacial score (nSPS) is 19.0. The van der Waals surface area contributed by atoms with Crippen molar-refractivity contribution in [1.29, 1.82) is 0 Å². The standard InChI is InChI=1S/C15H33NO6/c1-4-6-7-22-10-11(17)8-16(3)9-13(19)15(21)14(20)12(18)5-2/h11-15,17-21H,4-10H2,1-3H3. The fraction of sp³-hybridized carbons (Fsp3) is 1.00. The van der Waals surface area contributed by atoms with Crippen LogP contribution in [-0.2, 0) is 4.74 Å². The van der Waals surface area contributed by atoms with Gasteiger partial charge in [0.15, 0.2) is 0 Å². The number of ether oxygens (including phenoxy) is 1. The van der Waals surface area contributed by atoms with E-state index in [1.54, 1.807) is 18.9 Å². The van der Waals surface area contributed by atoms with Crippen LogP contribution in [0, 0.1) is 0 Å². The van der Waals surface area contributed by atoms with Crippen molar-refractivity contribution in [2.75, 3.05) is 33.4 Å². The van der Waals surface area contributed by atoms with E-state index in [-0.39, 0.29) is 26.1 Å². The van der Waals surface area contributed by atoms with Gasteiger partial charge in [0.1, 0.15) is 12.2 Å². The van der Waals surface area contributed by atoms with Crippen molar-refractivity contribution in [3.8, 4) is 0 Å². The number of nitrogens with zero attached hydrogens (tertiary/aromatic N) is 1. The first-order valence-corrected chi connectivity index (χ1v) is 8.00. The first kappa shape index (κ1) is 21.7. The Morgan fingerprint density at radius 1 is 0.909 bits per heavy atom. The summed E-state index contributed by atoms with van der Waals surface area (Å²) in [4.78, 5) is 1.65.